The molecule has 1 heterocycles. The smallest absolute Gasteiger partial charge is 0.263 e. The Labute approximate surface area is 116 Å². The van der Waals surface area contributed by atoms with Crippen LogP contribution >= 0.6 is 11.3 Å². The molecule has 0 atom stereocenters. The largest absolute Gasteiger partial charge is 0.397 e. The molecule has 0 saturated carbocycles. The summed E-state index contributed by atoms with van der Waals surface area (Å²) >= 11 is 1.19. The van der Waals surface area contributed by atoms with Crippen LogP contribution in [0.4, 0.5) is 10.7 Å². The fourth-order valence-electron chi connectivity index (χ4n) is 1.57. The molecule has 0 radical (unpaired) electrons. The van der Waals surface area contributed by atoms with Crippen molar-refractivity contribution in [2.45, 2.75) is 20.3 Å². The van der Waals surface area contributed by atoms with Gasteiger partial charge in [0.15, 0.2) is 0 Å². The Balaban J connectivity index is 3.21. The molecule has 1 rings (SSSR count). The first-order valence-corrected chi connectivity index (χ1v) is 6.97. The van der Waals surface area contributed by atoms with Crippen LogP contribution in [-0.4, -0.2) is 32.0 Å². The first kappa shape index (κ1) is 15.3. The van der Waals surface area contributed by atoms with E-state index >= 15 is 0 Å². The molecule has 106 valence electrons. The molecule has 0 saturated heterocycles. The van der Waals surface area contributed by atoms with Crippen LogP contribution in [0.25, 0.3) is 0 Å². The SMILES string of the molecule is CCCNC(=O)c1sc(N(C)CC)c(C(N)=O)c1N. The first-order chi connectivity index (χ1) is 8.93. The average molecular weight is 284 g/mol. The van der Waals surface area contributed by atoms with E-state index in [1.54, 1.807) is 0 Å². The molecular weight excluding hydrogens is 264 g/mol. The number of rotatable bonds is 6. The van der Waals surface area contributed by atoms with Gasteiger partial charge in [0, 0.05) is 20.1 Å². The monoisotopic (exact) mass is 284 g/mol. The van der Waals surface area contributed by atoms with Crippen LogP contribution < -0.4 is 21.7 Å². The second kappa shape index (κ2) is 6.42. The number of hydrogen-bond donors (Lipinski definition) is 3. The lowest BCUT2D eigenvalue weighted by Crippen LogP contribution is -2.24. The van der Waals surface area contributed by atoms with E-state index in [4.69, 9.17) is 11.5 Å². The van der Waals surface area contributed by atoms with Crippen LogP contribution in [0.2, 0.25) is 0 Å². The second-order valence-corrected chi connectivity index (χ2v) is 5.16. The van der Waals surface area contributed by atoms with Crippen LogP contribution in [0.5, 0.6) is 0 Å². The maximum atomic E-state index is 12.0. The van der Waals surface area contributed by atoms with Gasteiger partial charge in [-0.25, -0.2) is 0 Å². The number of amides is 2. The molecule has 0 aliphatic heterocycles. The summed E-state index contributed by atoms with van der Waals surface area (Å²) in [6.45, 7) is 5.16. The average Bonchev–Trinajstić information content (AvgIpc) is 2.72. The molecule has 1 aromatic heterocycles. The van der Waals surface area contributed by atoms with E-state index in [0.29, 0.717) is 23.0 Å². The summed E-state index contributed by atoms with van der Waals surface area (Å²) in [5.74, 6) is -0.874. The van der Waals surface area contributed by atoms with Gasteiger partial charge in [0.05, 0.1) is 11.3 Å². The van der Waals surface area contributed by atoms with Crippen molar-refractivity contribution in [3.8, 4) is 0 Å². The van der Waals surface area contributed by atoms with Gasteiger partial charge in [-0.2, -0.15) is 0 Å². The van der Waals surface area contributed by atoms with Gasteiger partial charge in [-0.3, -0.25) is 9.59 Å². The topological polar surface area (TPSA) is 101 Å². The maximum absolute atomic E-state index is 12.0. The number of carbonyl (C=O) groups excluding carboxylic acids is 2. The maximum Gasteiger partial charge on any atom is 0.263 e. The van der Waals surface area contributed by atoms with E-state index in [2.05, 4.69) is 5.32 Å². The molecule has 0 aliphatic rings. The summed E-state index contributed by atoms with van der Waals surface area (Å²) in [6, 6.07) is 0. The second-order valence-electron chi connectivity index (χ2n) is 4.16. The molecule has 0 bridgehead atoms. The van der Waals surface area contributed by atoms with Crippen molar-refractivity contribution in [2.75, 3.05) is 30.8 Å². The number of thiophene rings is 1. The van der Waals surface area contributed by atoms with Gasteiger partial charge in [-0.15, -0.1) is 11.3 Å². The van der Waals surface area contributed by atoms with Crippen molar-refractivity contribution in [2.24, 2.45) is 5.73 Å². The van der Waals surface area contributed by atoms with Gasteiger partial charge in [0.1, 0.15) is 9.88 Å². The summed E-state index contributed by atoms with van der Waals surface area (Å²) in [7, 11) is 1.82. The lowest BCUT2D eigenvalue weighted by molar-refractivity contribution is 0.0958. The normalized spacial score (nSPS) is 10.3. The van der Waals surface area contributed by atoms with Crippen LogP contribution in [-0.2, 0) is 0 Å². The van der Waals surface area contributed by atoms with E-state index in [0.717, 1.165) is 6.42 Å². The third kappa shape index (κ3) is 3.17. The Morgan fingerprint density at radius 3 is 2.47 bits per heavy atom. The van der Waals surface area contributed by atoms with Crippen molar-refractivity contribution >= 4 is 33.8 Å². The molecule has 0 aliphatic carbocycles. The van der Waals surface area contributed by atoms with Gasteiger partial charge in [0.2, 0.25) is 0 Å². The molecule has 19 heavy (non-hydrogen) atoms. The van der Waals surface area contributed by atoms with E-state index in [1.165, 1.54) is 11.3 Å². The molecule has 0 spiro atoms. The summed E-state index contributed by atoms with van der Waals surface area (Å²) in [5.41, 5.74) is 11.6. The minimum Gasteiger partial charge on any atom is -0.397 e. The van der Waals surface area contributed by atoms with Crippen molar-refractivity contribution in [1.29, 1.82) is 0 Å². The molecule has 7 heteroatoms. The molecular formula is C12H20N4O2S. The zero-order valence-corrected chi connectivity index (χ0v) is 12.3. The van der Waals surface area contributed by atoms with E-state index < -0.39 is 5.91 Å². The third-order valence-corrected chi connectivity index (χ3v) is 4.05. The van der Waals surface area contributed by atoms with Crippen molar-refractivity contribution in [3.05, 3.63) is 10.4 Å². The van der Waals surface area contributed by atoms with Crippen LogP contribution in [0.15, 0.2) is 0 Å². The van der Waals surface area contributed by atoms with Crippen molar-refractivity contribution < 1.29 is 9.59 Å². The number of nitrogens with two attached hydrogens (primary N) is 2. The summed E-state index contributed by atoms with van der Waals surface area (Å²) in [5, 5.41) is 3.38. The van der Waals surface area contributed by atoms with E-state index in [1.807, 2.05) is 25.8 Å². The van der Waals surface area contributed by atoms with Crippen molar-refractivity contribution in [1.82, 2.24) is 5.32 Å². The van der Waals surface area contributed by atoms with E-state index in [-0.39, 0.29) is 17.2 Å². The minimum atomic E-state index is -0.612. The molecule has 0 aromatic carbocycles. The Morgan fingerprint density at radius 2 is 2.00 bits per heavy atom. The number of primary amides is 1. The zero-order chi connectivity index (χ0) is 14.6. The number of hydrogen-bond acceptors (Lipinski definition) is 5. The number of anilines is 2. The number of nitrogens with one attached hydrogen (secondary N) is 1. The Morgan fingerprint density at radius 1 is 1.37 bits per heavy atom. The number of nitrogens with zero attached hydrogens (tertiary/aromatic N) is 1. The Hall–Kier alpha value is -1.76. The van der Waals surface area contributed by atoms with Crippen LogP contribution in [0.1, 0.15) is 40.3 Å². The highest BCUT2D eigenvalue weighted by Gasteiger charge is 2.25. The molecule has 2 amide bonds. The van der Waals surface area contributed by atoms with Gasteiger partial charge in [-0.1, -0.05) is 6.92 Å². The van der Waals surface area contributed by atoms with Crippen LogP contribution in [0.3, 0.4) is 0 Å². The van der Waals surface area contributed by atoms with Gasteiger partial charge in [0.25, 0.3) is 11.8 Å². The molecule has 0 fully saturated rings. The number of carbonyl (C=O) groups is 2. The van der Waals surface area contributed by atoms with Gasteiger partial charge >= 0.3 is 0 Å². The molecule has 1 aromatic rings. The Bertz CT molecular complexity index is 484. The highest BCUT2D eigenvalue weighted by Crippen LogP contribution is 2.37. The van der Waals surface area contributed by atoms with Crippen molar-refractivity contribution in [3.63, 3.8) is 0 Å². The molecule has 6 nitrogen and oxygen atoms in total. The molecule has 0 unspecified atom stereocenters. The number of nitrogen functional groups attached to an aromatic ring is 1. The quantitative estimate of drug-likeness (QED) is 0.726. The lowest BCUT2D eigenvalue weighted by Gasteiger charge is -2.15. The summed E-state index contributed by atoms with van der Waals surface area (Å²) in [6.07, 6.45) is 0.835. The highest BCUT2D eigenvalue weighted by molar-refractivity contribution is 7.19. The molecule has 5 N–H and O–H groups in total. The third-order valence-electron chi connectivity index (χ3n) is 2.74. The fraction of sp³-hybridized carbons (Fsp3) is 0.500. The highest BCUT2D eigenvalue weighted by atomic mass is 32.1. The van der Waals surface area contributed by atoms with Gasteiger partial charge < -0.3 is 21.7 Å². The minimum absolute atomic E-state index is 0.168. The van der Waals surface area contributed by atoms with Gasteiger partial charge in [-0.05, 0) is 13.3 Å². The zero-order valence-electron chi connectivity index (χ0n) is 11.4. The summed E-state index contributed by atoms with van der Waals surface area (Å²) in [4.78, 5) is 25.7. The lowest BCUT2D eigenvalue weighted by atomic mass is 10.2. The predicted octanol–water partition coefficient (Wildman–Crippen LogP) is 1.03. The predicted molar refractivity (Wildman–Crippen MR) is 78.8 cm³/mol. The standard InChI is InChI=1S/C12H20N4O2S/c1-4-6-15-11(18)9-8(13)7(10(14)17)12(19-9)16(3)5-2/h4-6,13H2,1-3H3,(H2,14,17)(H,15,18). The summed E-state index contributed by atoms with van der Waals surface area (Å²) < 4.78 is 0. The fourth-order valence-corrected chi connectivity index (χ4v) is 2.74. The van der Waals surface area contributed by atoms with E-state index in [9.17, 15) is 9.59 Å². The first-order valence-electron chi connectivity index (χ1n) is 6.15. The Kier molecular flexibility index (Phi) is 5.17. The van der Waals surface area contributed by atoms with Crippen LogP contribution in [0, 0.1) is 0 Å².